The topological polar surface area (TPSA) is 32.5 Å². The van der Waals surface area contributed by atoms with E-state index in [0.717, 1.165) is 12.5 Å². The first-order chi connectivity index (χ1) is 6.74. The normalized spacial score (nSPS) is 27.9. The molecule has 14 heavy (non-hydrogen) atoms. The Morgan fingerprint density at radius 1 is 1.14 bits per heavy atom. The molecule has 1 atom stereocenters. The average molecular weight is 197 g/mol. The van der Waals surface area contributed by atoms with Gasteiger partial charge in [-0.2, -0.15) is 0 Å². The van der Waals surface area contributed by atoms with Gasteiger partial charge in [0, 0.05) is 45.3 Å². The van der Waals surface area contributed by atoms with Crippen LogP contribution in [0.1, 0.15) is 19.8 Å². The highest BCUT2D eigenvalue weighted by Gasteiger charge is 2.26. The largest absolute Gasteiger partial charge is 0.327 e. The van der Waals surface area contributed by atoms with Gasteiger partial charge in [0.2, 0.25) is 0 Å². The Bertz CT molecular complexity index is 157. The fourth-order valence-electron chi connectivity index (χ4n) is 2.23. The molecule has 0 bridgehead atoms. The second-order valence-corrected chi connectivity index (χ2v) is 5.02. The summed E-state index contributed by atoms with van der Waals surface area (Å²) in [5.41, 5.74) is 5.79. The molecule has 0 radical (unpaired) electrons. The quantitative estimate of drug-likeness (QED) is 0.706. The predicted octanol–water partition coefficient (Wildman–Crippen LogP) is 0.361. The van der Waals surface area contributed by atoms with E-state index in [1.165, 1.54) is 45.6 Å². The molecule has 2 fully saturated rings. The van der Waals surface area contributed by atoms with E-state index in [0.29, 0.717) is 6.04 Å². The second-order valence-electron chi connectivity index (χ2n) is 5.02. The maximum absolute atomic E-state index is 5.79. The fraction of sp³-hybridized carbons (Fsp3) is 1.00. The number of nitrogens with zero attached hydrogens (tertiary/aromatic N) is 2. The van der Waals surface area contributed by atoms with Crippen LogP contribution in [0.15, 0.2) is 0 Å². The van der Waals surface area contributed by atoms with Crippen LogP contribution in [0, 0.1) is 5.92 Å². The molecule has 1 heterocycles. The van der Waals surface area contributed by atoms with Crippen LogP contribution in [-0.2, 0) is 0 Å². The average Bonchev–Trinajstić information content (AvgIpc) is 2.91. The van der Waals surface area contributed by atoms with Crippen LogP contribution < -0.4 is 5.73 Å². The summed E-state index contributed by atoms with van der Waals surface area (Å²) in [5.74, 6) is 1.04. The molecule has 1 saturated heterocycles. The summed E-state index contributed by atoms with van der Waals surface area (Å²) in [6.07, 6.45) is 2.94. The summed E-state index contributed by atoms with van der Waals surface area (Å²) in [7, 11) is 0. The molecular formula is C11H23N3. The van der Waals surface area contributed by atoms with E-state index < -0.39 is 0 Å². The minimum Gasteiger partial charge on any atom is -0.327 e. The Morgan fingerprint density at radius 2 is 1.71 bits per heavy atom. The van der Waals surface area contributed by atoms with Crippen LogP contribution in [0.25, 0.3) is 0 Å². The SMILES string of the molecule is C[C@@H](N)CN1CCN(CC2CC2)CC1. The van der Waals surface area contributed by atoms with Crippen LogP contribution >= 0.6 is 0 Å². The molecule has 1 aliphatic heterocycles. The zero-order valence-corrected chi connectivity index (χ0v) is 9.28. The van der Waals surface area contributed by atoms with Gasteiger partial charge < -0.3 is 10.6 Å². The van der Waals surface area contributed by atoms with E-state index in [2.05, 4.69) is 16.7 Å². The van der Waals surface area contributed by atoms with Crippen molar-refractivity contribution >= 4 is 0 Å². The van der Waals surface area contributed by atoms with E-state index in [4.69, 9.17) is 5.73 Å². The molecule has 3 heteroatoms. The van der Waals surface area contributed by atoms with Crippen molar-refractivity contribution < 1.29 is 0 Å². The molecule has 2 N–H and O–H groups in total. The molecule has 82 valence electrons. The summed E-state index contributed by atoms with van der Waals surface area (Å²) in [6, 6.07) is 0.324. The molecular weight excluding hydrogens is 174 g/mol. The Morgan fingerprint density at radius 3 is 2.21 bits per heavy atom. The maximum Gasteiger partial charge on any atom is 0.0139 e. The van der Waals surface area contributed by atoms with E-state index in [9.17, 15) is 0 Å². The van der Waals surface area contributed by atoms with Crippen LogP contribution in [0.2, 0.25) is 0 Å². The van der Waals surface area contributed by atoms with E-state index >= 15 is 0 Å². The Balaban J connectivity index is 1.63. The minimum atomic E-state index is 0.324. The standard InChI is InChI=1S/C11H23N3/c1-10(12)8-13-4-6-14(7-5-13)9-11-2-3-11/h10-11H,2-9,12H2,1H3/t10-/m1/s1. The van der Waals surface area contributed by atoms with Gasteiger partial charge in [-0.3, -0.25) is 4.90 Å². The number of hydrogen-bond donors (Lipinski definition) is 1. The van der Waals surface area contributed by atoms with Gasteiger partial charge in [0.05, 0.1) is 0 Å². The Labute approximate surface area is 87.2 Å². The lowest BCUT2D eigenvalue weighted by Gasteiger charge is -2.35. The third kappa shape index (κ3) is 3.23. The van der Waals surface area contributed by atoms with Crippen molar-refractivity contribution in [2.75, 3.05) is 39.3 Å². The zero-order chi connectivity index (χ0) is 9.97. The van der Waals surface area contributed by atoms with Crippen molar-refractivity contribution in [3.05, 3.63) is 0 Å². The van der Waals surface area contributed by atoms with E-state index in [-0.39, 0.29) is 0 Å². The van der Waals surface area contributed by atoms with Crippen molar-refractivity contribution in [1.29, 1.82) is 0 Å². The smallest absolute Gasteiger partial charge is 0.0139 e. The summed E-state index contributed by atoms with van der Waals surface area (Å²) < 4.78 is 0. The van der Waals surface area contributed by atoms with Crippen LogP contribution in [0.3, 0.4) is 0 Å². The van der Waals surface area contributed by atoms with Crippen molar-refractivity contribution in [2.45, 2.75) is 25.8 Å². The van der Waals surface area contributed by atoms with E-state index in [1.807, 2.05) is 0 Å². The molecule has 2 aliphatic rings. The third-order valence-corrected chi connectivity index (χ3v) is 3.22. The zero-order valence-electron chi connectivity index (χ0n) is 9.28. The lowest BCUT2D eigenvalue weighted by Crippen LogP contribution is -2.49. The highest BCUT2D eigenvalue weighted by molar-refractivity contribution is 4.81. The van der Waals surface area contributed by atoms with Crippen molar-refractivity contribution in [3.63, 3.8) is 0 Å². The lowest BCUT2D eigenvalue weighted by atomic mass is 10.2. The van der Waals surface area contributed by atoms with Gasteiger partial charge in [0.1, 0.15) is 0 Å². The van der Waals surface area contributed by atoms with Crippen molar-refractivity contribution in [3.8, 4) is 0 Å². The molecule has 1 saturated carbocycles. The minimum absolute atomic E-state index is 0.324. The second kappa shape index (κ2) is 4.60. The molecule has 0 aromatic heterocycles. The van der Waals surface area contributed by atoms with Gasteiger partial charge in [-0.15, -0.1) is 0 Å². The molecule has 0 amide bonds. The highest BCUT2D eigenvalue weighted by Crippen LogP contribution is 2.29. The first-order valence-electron chi connectivity index (χ1n) is 5.94. The Hall–Kier alpha value is -0.120. The van der Waals surface area contributed by atoms with Crippen molar-refractivity contribution in [1.82, 2.24) is 9.80 Å². The van der Waals surface area contributed by atoms with E-state index in [1.54, 1.807) is 0 Å². The van der Waals surface area contributed by atoms with Crippen LogP contribution in [0.4, 0.5) is 0 Å². The number of rotatable bonds is 4. The first kappa shape index (κ1) is 10.4. The summed E-state index contributed by atoms with van der Waals surface area (Å²) in [6.45, 7) is 9.45. The van der Waals surface area contributed by atoms with Gasteiger partial charge in [0.25, 0.3) is 0 Å². The summed E-state index contributed by atoms with van der Waals surface area (Å²) >= 11 is 0. The molecule has 0 aromatic carbocycles. The third-order valence-electron chi connectivity index (χ3n) is 3.22. The highest BCUT2D eigenvalue weighted by atomic mass is 15.3. The molecule has 0 spiro atoms. The van der Waals surface area contributed by atoms with Gasteiger partial charge in [-0.05, 0) is 25.7 Å². The molecule has 1 aliphatic carbocycles. The molecule has 0 unspecified atom stereocenters. The number of nitrogens with two attached hydrogens (primary N) is 1. The van der Waals surface area contributed by atoms with Crippen LogP contribution in [-0.4, -0.2) is 55.1 Å². The summed E-state index contributed by atoms with van der Waals surface area (Å²) in [4.78, 5) is 5.11. The van der Waals surface area contributed by atoms with Gasteiger partial charge in [-0.25, -0.2) is 0 Å². The van der Waals surface area contributed by atoms with Gasteiger partial charge in [0.15, 0.2) is 0 Å². The number of hydrogen-bond acceptors (Lipinski definition) is 3. The molecule has 0 aromatic rings. The molecule has 3 nitrogen and oxygen atoms in total. The maximum atomic E-state index is 5.79. The van der Waals surface area contributed by atoms with Gasteiger partial charge in [-0.1, -0.05) is 0 Å². The van der Waals surface area contributed by atoms with Crippen molar-refractivity contribution in [2.24, 2.45) is 11.7 Å². The lowest BCUT2D eigenvalue weighted by molar-refractivity contribution is 0.125. The summed E-state index contributed by atoms with van der Waals surface area (Å²) in [5, 5.41) is 0. The number of piperazine rings is 1. The Kier molecular flexibility index (Phi) is 3.42. The predicted molar refractivity (Wildman–Crippen MR) is 59.3 cm³/mol. The molecule has 2 rings (SSSR count). The van der Waals surface area contributed by atoms with Gasteiger partial charge >= 0.3 is 0 Å². The fourth-order valence-corrected chi connectivity index (χ4v) is 2.23. The van der Waals surface area contributed by atoms with Crippen LogP contribution in [0.5, 0.6) is 0 Å². The first-order valence-corrected chi connectivity index (χ1v) is 5.94. The monoisotopic (exact) mass is 197 g/mol.